The maximum Gasteiger partial charge on any atom is 0.340 e. The Morgan fingerprint density at radius 2 is 1.72 bits per heavy atom. The summed E-state index contributed by atoms with van der Waals surface area (Å²) in [6.07, 6.45) is 0. The highest BCUT2D eigenvalue weighted by Crippen LogP contribution is 2.24. The maximum absolute atomic E-state index is 12.0. The van der Waals surface area contributed by atoms with Gasteiger partial charge < -0.3 is 10.1 Å². The van der Waals surface area contributed by atoms with Crippen LogP contribution >= 0.6 is 34.8 Å². The Bertz CT molecular complexity index is 837. The Balaban J connectivity index is 2.01. The number of carbonyl (C=O) groups is 2. The molecule has 1 amide bonds. The average Bonchev–Trinajstić information content (AvgIpc) is 2.51. The van der Waals surface area contributed by atoms with E-state index in [1.54, 1.807) is 0 Å². The molecular formula is C15H9Cl3N2O5. The third kappa shape index (κ3) is 5.32. The molecule has 2 aromatic rings. The van der Waals surface area contributed by atoms with Gasteiger partial charge in [-0.25, -0.2) is 4.79 Å². The highest BCUT2D eigenvalue weighted by molar-refractivity contribution is 6.35. The number of benzene rings is 2. The van der Waals surface area contributed by atoms with E-state index in [2.05, 4.69) is 5.32 Å². The van der Waals surface area contributed by atoms with Crippen LogP contribution < -0.4 is 5.32 Å². The number of ether oxygens (including phenoxy) is 1. The molecule has 130 valence electrons. The normalized spacial score (nSPS) is 10.2. The molecule has 0 unspecified atom stereocenters. The van der Waals surface area contributed by atoms with Crippen molar-refractivity contribution in [3.63, 3.8) is 0 Å². The quantitative estimate of drug-likeness (QED) is 0.454. The molecular weight excluding hydrogens is 395 g/mol. The Hall–Kier alpha value is -2.35. The number of hydrogen-bond donors (Lipinski definition) is 1. The van der Waals surface area contributed by atoms with E-state index in [9.17, 15) is 19.7 Å². The van der Waals surface area contributed by atoms with Crippen LogP contribution in [-0.4, -0.2) is 23.4 Å². The Labute approximate surface area is 156 Å². The Morgan fingerprint density at radius 1 is 1.08 bits per heavy atom. The van der Waals surface area contributed by atoms with Gasteiger partial charge in [-0.15, -0.1) is 0 Å². The number of nitrogens with one attached hydrogen (secondary N) is 1. The van der Waals surface area contributed by atoms with Crippen LogP contribution in [0.5, 0.6) is 0 Å². The van der Waals surface area contributed by atoms with Crippen LogP contribution in [-0.2, 0) is 9.53 Å². The molecule has 0 aliphatic carbocycles. The van der Waals surface area contributed by atoms with Gasteiger partial charge >= 0.3 is 5.97 Å². The van der Waals surface area contributed by atoms with Crippen molar-refractivity contribution >= 4 is 58.1 Å². The summed E-state index contributed by atoms with van der Waals surface area (Å²) in [7, 11) is 0. The second kappa shape index (κ2) is 8.15. The summed E-state index contributed by atoms with van der Waals surface area (Å²) in [5.74, 6) is -1.61. The van der Waals surface area contributed by atoms with E-state index in [1.165, 1.54) is 24.3 Å². The summed E-state index contributed by atoms with van der Waals surface area (Å²) in [5, 5.41) is 13.8. The number of hydrogen-bond acceptors (Lipinski definition) is 5. The van der Waals surface area contributed by atoms with E-state index >= 15 is 0 Å². The number of anilines is 1. The van der Waals surface area contributed by atoms with Gasteiger partial charge in [0, 0.05) is 27.9 Å². The van der Waals surface area contributed by atoms with Gasteiger partial charge in [0.2, 0.25) is 0 Å². The van der Waals surface area contributed by atoms with Gasteiger partial charge in [-0.1, -0.05) is 34.8 Å². The van der Waals surface area contributed by atoms with Crippen molar-refractivity contribution in [3.8, 4) is 0 Å². The number of nitrogens with zero attached hydrogens (tertiary/aromatic N) is 1. The molecule has 0 aromatic heterocycles. The fourth-order valence-corrected chi connectivity index (χ4v) is 2.54. The van der Waals surface area contributed by atoms with Crippen molar-refractivity contribution in [1.82, 2.24) is 0 Å². The minimum Gasteiger partial charge on any atom is -0.452 e. The van der Waals surface area contributed by atoms with Crippen LogP contribution in [0.15, 0.2) is 36.4 Å². The lowest BCUT2D eigenvalue weighted by molar-refractivity contribution is -0.384. The lowest BCUT2D eigenvalue weighted by atomic mass is 10.2. The van der Waals surface area contributed by atoms with Crippen LogP contribution in [0, 0.1) is 10.1 Å². The largest absolute Gasteiger partial charge is 0.452 e. The van der Waals surface area contributed by atoms with Crippen molar-refractivity contribution in [2.75, 3.05) is 11.9 Å². The average molecular weight is 404 g/mol. The lowest BCUT2D eigenvalue weighted by Gasteiger charge is -2.08. The van der Waals surface area contributed by atoms with Crippen LogP contribution in [0.2, 0.25) is 15.1 Å². The molecule has 1 N–H and O–H groups in total. The molecule has 0 fully saturated rings. The molecule has 0 saturated carbocycles. The van der Waals surface area contributed by atoms with Crippen molar-refractivity contribution in [2.45, 2.75) is 0 Å². The van der Waals surface area contributed by atoms with Gasteiger partial charge in [-0.2, -0.15) is 0 Å². The highest BCUT2D eigenvalue weighted by Gasteiger charge is 2.18. The molecule has 0 atom stereocenters. The number of rotatable bonds is 5. The molecule has 0 aliphatic heterocycles. The molecule has 0 bridgehead atoms. The second-order valence-electron chi connectivity index (χ2n) is 4.70. The van der Waals surface area contributed by atoms with E-state index in [4.69, 9.17) is 39.5 Å². The van der Waals surface area contributed by atoms with Gasteiger partial charge in [-0.3, -0.25) is 14.9 Å². The van der Waals surface area contributed by atoms with Crippen LogP contribution in [0.4, 0.5) is 11.4 Å². The number of carbonyl (C=O) groups excluding carboxylic acids is 2. The number of nitro groups is 1. The van der Waals surface area contributed by atoms with Gasteiger partial charge in [0.25, 0.3) is 11.6 Å². The fourth-order valence-electron chi connectivity index (χ4n) is 1.82. The zero-order chi connectivity index (χ0) is 18.6. The van der Waals surface area contributed by atoms with Crippen LogP contribution in [0.3, 0.4) is 0 Å². The maximum atomic E-state index is 12.0. The topological polar surface area (TPSA) is 98.5 Å². The fraction of sp³-hybridized carbons (Fsp3) is 0.0667. The number of amides is 1. The molecule has 0 spiro atoms. The summed E-state index contributed by atoms with van der Waals surface area (Å²) in [6.45, 7) is -0.623. The summed E-state index contributed by atoms with van der Waals surface area (Å²) in [6, 6.07) is 7.73. The van der Waals surface area contributed by atoms with Crippen molar-refractivity contribution in [3.05, 3.63) is 67.1 Å². The summed E-state index contributed by atoms with van der Waals surface area (Å²) in [5.41, 5.74) is -0.212. The number of non-ortho nitro benzene ring substituents is 1. The van der Waals surface area contributed by atoms with E-state index in [0.29, 0.717) is 15.7 Å². The van der Waals surface area contributed by atoms with E-state index in [1.807, 2.05) is 0 Å². The minimum absolute atomic E-state index is 0.0300. The molecule has 10 heteroatoms. The minimum atomic E-state index is -0.965. The van der Waals surface area contributed by atoms with Crippen molar-refractivity contribution in [1.29, 1.82) is 0 Å². The number of nitro benzene ring substituents is 1. The number of esters is 1. The molecule has 2 rings (SSSR count). The first kappa shape index (κ1) is 19.0. The molecule has 7 nitrogen and oxygen atoms in total. The highest BCUT2D eigenvalue weighted by atomic mass is 35.5. The molecule has 0 saturated heterocycles. The van der Waals surface area contributed by atoms with Crippen molar-refractivity contribution < 1.29 is 19.2 Å². The molecule has 0 heterocycles. The zero-order valence-corrected chi connectivity index (χ0v) is 14.6. The molecule has 0 aliphatic rings. The predicted octanol–water partition coefficient (Wildman–Crippen LogP) is 4.35. The first-order valence-electron chi connectivity index (χ1n) is 6.63. The Kier molecular flexibility index (Phi) is 6.19. The molecule has 0 radical (unpaired) electrons. The third-order valence-electron chi connectivity index (χ3n) is 2.86. The van der Waals surface area contributed by atoms with E-state index < -0.39 is 23.4 Å². The molecule has 2 aromatic carbocycles. The monoisotopic (exact) mass is 402 g/mol. The first-order valence-corrected chi connectivity index (χ1v) is 7.76. The van der Waals surface area contributed by atoms with Gasteiger partial charge in [-0.05, 0) is 24.3 Å². The second-order valence-corrected chi connectivity index (χ2v) is 5.98. The lowest BCUT2D eigenvalue weighted by Crippen LogP contribution is -2.21. The SMILES string of the molecule is O=C(COC(=O)c1cc([N+](=O)[O-])ccc1Cl)Nc1cc(Cl)cc(Cl)c1. The summed E-state index contributed by atoms with van der Waals surface area (Å²) in [4.78, 5) is 33.8. The molecule has 25 heavy (non-hydrogen) atoms. The first-order chi connectivity index (χ1) is 11.8. The summed E-state index contributed by atoms with van der Waals surface area (Å²) < 4.78 is 4.81. The van der Waals surface area contributed by atoms with Crippen molar-refractivity contribution in [2.24, 2.45) is 0 Å². The van der Waals surface area contributed by atoms with Gasteiger partial charge in [0.15, 0.2) is 6.61 Å². The van der Waals surface area contributed by atoms with E-state index in [-0.39, 0.29) is 16.3 Å². The van der Waals surface area contributed by atoms with E-state index in [0.717, 1.165) is 12.1 Å². The third-order valence-corrected chi connectivity index (χ3v) is 3.63. The summed E-state index contributed by atoms with van der Waals surface area (Å²) >= 11 is 17.4. The number of halogens is 3. The predicted molar refractivity (Wildman–Crippen MR) is 93.5 cm³/mol. The smallest absolute Gasteiger partial charge is 0.340 e. The Morgan fingerprint density at radius 3 is 2.32 bits per heavy atom. The zero-order valence-electron chi connectivity index (χ0n) is 12.3. The van der Waals surface area contributed by atoms with Gasteiger partial charge in [0.1, 0.15) is 0 Å². The standard InChI is InChI=1S/C15H9Cl3N2O5/c16-8-3-9(17)5-10(4-8)19-14(21)7-25-15(22)12-6-11(20(23)24)1-2-13(12)18/h1-6H,7H2,(H,19,21). The van der Waals surface area contributed by atoms with Crippen LogP contribution in [0.1, 0.15) is 10.4 Å². The van der Waals surface area contributed by atoms with Gasteiger partial charge in [0.05, 0.1) is 15.5 Å². The van der Waals surface area contributed by atoms with Crippen LogP contribution in [0.25, 0.3) is 0 Å².